The SMILES string of the molecule is O=C(O)C1CCC2CCCCC2N1C(=O)CNCC1CC1. The number of nitrogens with zero attached hydrogens (tertiary/aromatic N) is 1. The zero-order chi connectivity index (χ0) is 14.8. The molecule has 21 heavy (non-hydrogen) atoms. The summed E-state index contributed by atoms with van der Waals surface area (Å²) in [5.74, 6) is 0.396. The number of carbonyl (C=O) groups is 2. The van der Waals surface area contributed by atoms with Gasteiger partial charge in [-0.05, 0) is 56.9 Å². The van der Waals surface area contributed by atoms with E-state index in [4.69, 9.17) is 0 Å². The van der Waals surface area contributed by atoms with Crippen LogP contribution in [0.4, 0.5) is 0 Å². The number of carboxylic acid groups (broad SMARTS) is 1. The number of amides is 1. The fourth-order valence-electron chi connectivity index (χ4n) is 4.03. The van der Waals surface area contributed by atoms with Gasteiger partial charge >= 0.3 is 5.97 Å². The van der Waals surface area contributed by atoms with E-state index in [1.54, 1.807) is 4.90 Å². The van der Waals surface area contributed by atoms with E-state index in [1.807, 2.05) is 0 Å². The van der Waals surface area contributed by atoms with Gasteiger partial charge in [-0.15, -0.1) is 0 Å². The molecule has 2 aliphatic carbocycles. The van der Waals surface area contributed by atoms with Gasteiger partial charge in [0.1, 0.15) is 6.04 Å². The van der Waals surface area contributed by atoms with Crippen LogP contribution in [0.5, 0.6) is 0 Å². The predicted octanol–water partition coefficient (Wildman–Crippen LogP) is 1.62. The summed E-state index contributed by atoms with van der Waals surface area (Å²) in [6.07, 6.45) is 8.55. The number of nitrogens with one attached hydrogen (secondary N) is 1. The molecule has 0 aromatic rings. The number of carboxylic acids is 1. The number of likely N-dealkylation sites (tertiary alicyclic amines) is 1. The van der Waals surface area contributed by atoms with Gasteiger partial charge in [-0.1, -0.05) is 12.8 Å². The van der Waals surface area contributed by atoms with Crippen LogP contribution in [0.1, 0.15) is 51.4 Å². The highest BCUT2D eigenvalue weighted by molar-refractivity contribution is 5.85. The van der Waals surface area contributed by atoms with Crippen molar-refractivity contribution >= 4 is 11.9 Å². The molecule has 0 radical (unpaired) electrons. The Morgan fingerprint density at radius 1 is 1.05 bits per heavy atom. The smallest absolute Gasteiger partial charge is 0.326 e. The second-order valence-electron chi connectivity index (χ2n) is 6.92. The lowest BCUT2D eigenvalue weighted by Gasteiger charge is -2.47. The lowest BCUT2D eigenvalue weighted by atomic mass is 9.76. The van der Waals surface area contributed by atoms with Crippen molar-refractivity contribution < 1.29 is 14.7 Å². The third-order valence-corrected chi connectivity index (χ3v) is 5.35. The van der Waals surface area contributed by atoms with Gasteiger partial charge in [-0.2, -0.15) is 0 Å². The van der Waals surface area contributed by atoms with Gasteiger partial charge in [-0.25, -0.2) is 4.79 Å². The fourth-order valence-corrected chi connectivity index (χ4v) is 4.03. The Morgan fingerprint density at radius 3 is 2.52 bits per heavy atom. The molecule has 1 heterocycles. The molecule has 1 amide bonds. The molecule has 2 N–H and O–H groups in total. The largest absolute Gasteiger partial charge is 0.480 e. The van der Waals surface area contributed by atoms with E-state index in [0.29, 0.717) is 18.9 Å². The van der Waals surface area contributed by atoms with E-state index in [-0.39, 0.29) is 11.9 Å². The Balaban J connectivity index is 1.65. The minimum atomic E-state index is -0.838. The molecule has 3 fully saturated rings. The van der Waals surface area contributed by atoms with Gasteiger partial charge in [0.15, 0.2) is 0 Å². The van der Waals surface area contributed by atoms with Crippen molar-refractivity contribution in [2.75, 3.05) is 13.1 Å². The molecule has 3 atom stereocenters. The zero-order valence-electron chi connectivity index (χ0n) is 12.6. The minimum Gasteiger partial charge on any atom is -0.480 e. The second kappa shape index (κ2) is 6.34. The molecule has 0 aromatic heterocycles. The highest BCUT2D eigenvalue weighted by atomic mass is 16.4. The average molecular weight is 294 g/mol. The number of rotatable bonds is 5. The van der Waals surface area contributed by atoms with Crippen LogP contribution in [0, 0.1) is 11.8 Å². The van der Waals surface area contributed by atoms with Gasteiger partial charge in [0.25, 0.3) is 0 Å². The summed E-state index contributed by atoms with van der Waals surface area (Å²) in [6, 6.07) is -0.455. The highest BCUT2D eigenvalue weighted by Crippen LogP contribution is 2.38. The fraction of sp³-hybridized carbons (Fsp3) is 0.875. The van der Waals surface area contributed by atoms with Crippen molar-refractivity contribution in [1.82, 2.24) is 10.2 Å². The summed E-state index contributed by atoms with van der Waals surface area (Å²) in [6.45, 7) is 1.19. The summed E-state index contributed by atoms with van der Waals surface area (Å²) < 4.78 is 0. The first-order chi connectivity index (χ1) is 10.2. The topological polar surface area (TPSA) is 69.6 Å². The molecule has 3 rings (SSSR count). The van der Waals surface area contributed by atoms with Gasteiger partial charge in [-0.3, -0.25) is 4.79 Å². The maximum Gasteiger partial charge on any atom is 0.326 e. The maximum atomic E-state index is 12.6. The van der Waals surface area contributed by atoms with Crippen molar-refractivity contribution in [1.29, 1.82) is 0 Å². The maximum absolute atomic E-state index is 12.6. The van der Waals surface area contributed by atoms with E-state index in [1.165, 1.54) is 19.3 Å². The zero-order valence-corrected chi connectivity index (χ0v) is 12.6. The predicted molar refractivity (Wildman–Crippen MR) is 78.8 cm³/mol. The van der Waals surface area contributed by atoms with Crippen molar-refractivity contribution in [3.05, 3.63) is 0 Å². The Morgan fingerprint density at radius 2 is 1.81 bits per heavy atom. The molecule has 2 saturated carbocycles. The van der Waals surface area contributed by atoms with Gasteiger partial charge in [0.05, 0.1) is 6.54 Å². The molecule has 5 heteroatoms. The van der Waals surface area contributed by atoms with E-state index in [0.717, 1.165) is 38.1 Å². The van der Waals surface area contributed by atoms with Crippen molar-refractivity contribution in [2.45, 2.75) is 63.5 Å². The molecular formula is C16H26N2O3. The molecule has 0 bridgehead atoms. The number of hydrogen-bond acceptors (Lipinski definition) is 3. The van der Waals surface area contributed by atoms with Crippen molar-refractivity contribution in [2.24, 2.45) is 11.8 Å². The van der Waals surface area contributed by atoms with E-state index in [2.05, 4.69) is 5.32 Å². The van der Waals surface area contributed by atoms with Crippen molar-refractivity contribution in [3.8, 4) is 0 Å². The molecular weight excluding hydrogens is 268 g/mol. The van der Waals surface area contributed by atoms with Crippen LogP contribution in [0.2, 0.25) is 0 Å². The first-order valence-electron chi connectivity index (χ1n) is 8.41. The Kier molecular flexibility index (Phi) is 4.48. The molecule has 3 aliphatic rings. The Bertz CT molecular complexity index is 408. The summed E-state index contributed by atoms with van der Waals surface area (Å²) >= 11 is 0. The van der Waals surface area contributed by atoms with Gasteiger partial charge in [0.2, 0.25) is 5.91 Å². The molecule has 3 unspecified atom stereocenters. The second-order valence-corrected chi connectivity index (χ2v) is 6.92. The summed E-state index contributed by atoms with van der Waals surface area (Å²) in [4.78, 5) is 25.8. The van der Waals surface area contributed by atoms with Crippen molar-refractivity contribution in [3.63, 3.8) is 0 Å². The molecule has 0 spiro atoms. The Hall–Kier alpha value is -1.10. The first kappa shape index (κ1) is 14.8. The lowest BCUT2D eigenvalue weighted by molar-refractivity contribution is -0.157. The third kappa shape index (κ3) is 3.39. The minimum absolute atomic E-state index is 0.0142. The number of piperidine rings is 1. The average Bonchev–Trinajstić information content (AvgIpc) is 3.30. The standard InChI is InChI=1S/C16H26N2O3/c19-15(10-17-9-11-5-6-11)18-13-4-2-1-3-12(13)7-8-14(18)16(20)21/h11-14,17H,1-10H2,(H,20,21). The molecule has 1 aliphatic heterocycles. The normalized spacial score (nSPS) is 32.6. The van der Waals surface area contributed by atoms with Crippen LogP contribution in [0.25, 0.3) is 0 Å². The Labute approximate surface area is 126 Å². The monoisotopic (exact) mass is 294 g/mol. The lowest BCUT2D eigenvalue weighted by Crippen LogP contribution is -2.59. The number of aliphatic carboxylic acids is 1. The van der Waals surface area contributed by atoms with Gasteiger partial charge in [0, 0.05) is 6.04 Å². The van der Waals surface area contributed by atoms with Crippen LogP contribution in [-0.2, 0) is 9.59 Å². The van der Waals surface area contributed by atoms with Crippen LogP contribution >= 0.6 is 0 Å². The number of hydrogen-bond donors (Lipinski definition) is 2. The first-order valence-corrected chi connectivity index (χ1v) is 8.41. The molecule has 118 valence electrons. The molecule has 1 saturated heterocycles. The summed E-state index contributed by atoms with van der Waals surface area (Å²) in [7, 11) is 0. The molecule has 0 aromatic carbocycles. The van der Waals surface area contributed by atoms with E-state index < -0.39 is 12.0 Å². The molecule has 5 nitrogen and oxygen atoms in total. The van der Waals surface area contributed by atoms with Crippen LogP contribution in [0.3, 0.4) is 0 Å². The van der Waals surface area contributed by atoms with Gasteiger partial charge < -0.3 is 15.3 Å². The summed E-state index contributed by atoms with van der Waals surface area (Å²) in [5.41, 5.74) is 0. The van der Waals surface area contributed by atoms with E-state index in [9.17, 15) is 14.7 Å². The number of carbonyl (C=O) groups excluding carboxylic acids is 1. The summed E-state index contributed by atoms with van der Waals surface area (Å²) in [5, 5.41) is 12.7. The van der Waals surface area contributed by atoms with Crippen LogP contribution < -0.4 is 5.32 Å². The number of fused-ring (bicyclic) bond motifs is 1. The van der Waals surface area contributed by atoms with Crippen LogP contribution in [-0.4, -0.2) is 47.1 Å². The quantitative estimate of drug-likeness (QED) is 0.808. The highest BCUT2D eigenvalue weighted by Gasteiger charge is 2.43. The third-order valence-electron chi connectivity index (χ3n) is 5.35. The van der Waals surface area contributed by atoms with Crippen LogP contribution in [0.15, 0.2) is 0 Å². The van der Waals surface area contributed by atoms with E-state index >= 15 is 0 Å².